The molecule has 0 aromatic carbocycles. The van der Waals surface area contributed by atoms with Gasteiger partial charge in [0.1, 0.15) is 0 Å². The highest BCUT2D eigenvalue weighted by molar-refractivity contribution is 5.87. The predicted octanol–water partition coefficient (Wildman–Crippen LogP) is 2.06. The van der Waals surface area contributed by atoms with Crippen LogP contribution in [-0.2, 0) is 4.79 Å². The van der Waals surface area contributed by atoms with Crippen molar-refractivity contribution in [1.82, 2.24) is 0 Å². The maximum Gasteiger partial charge on any atom is 0.331 e. The summed E-state index contributed by atoms with van der Waals surface area (Å²) in [5.41, 5.74) is 1.42. The molecule has 0 fully saturated rings. The second kappa shape index (κ2) is 3.40. The molecule has 1 N–H and O–H groups in total. The topological polar surface area (TPSA) is 37.3 Å². The van der Waals surface area contributed by atoms with Crippen molar-refractivity contribution in [3.63, 3.8) is 0 Å². The van der Waals surface area contributed by atoms with Crippen molar-refractivity contribution in [2.75, 3.05) is 0 Å². The van der Waals surface area contributed by atoms with Gasteiger partial charge < -0.3 is 5.11 Å². The number of carboxylic acid groups (broad SMARTS) is 1. The molecule has 0 aliphatic rings. The first-order valence-corrected chi connectivity index (χ1v) is 3.37. The van der Waals surface area contributed by atoms with Gasteiger partial charge in [-0.05, 0) is 19.8 Å². The molecule has 0 atom stereocenters. The number of allylic oxidation sites excluding steroid dienone is 1. The molecular weight excluding hydrogens is 128 g/mol. The molecule has 58 valence electrons. The van der Waals surface area contributed by atoms with E-state index in [0.717, 1.165) is 5.57 Å². The van der Waals surface area contributed by atoms with Gasteiger partial charge in [-0.3, -0.25) is 0 Å². The summed E-state index contributed by atoms with van der Waals surface area (Å²) in [6, 6.07) is 0. The average Bonchev–Trinajstić information content (AvgIpc) is 1.59. The highest BCUT2D eigenvalue weighted by Crippen LogP contribution is 2.13. The lowest BCUT2D eigenvalue weighted by atomic mass is 9.99. The Morgan fingerprint density at radius 2 is 1.70 bits per heavy atom. The van der Waals surface area contributed by atoms with Gasteiger partial charge in [-0.25, -0.2) is 4.79 Å². The standard InChI is InChI=1S/C8H14O2/c1-5(2)7(6(3)4)8(9)10/h5H,1-4H3,(H,9,10). The SMILES string of the molecule is CC(C)=C(C(=O)O)C(C)C. The first-order valence-electron chi connectivity index (χ1n) is 3.37. The van der Waals surface area contributed by atoms with Crippen LogP contribution >= 0.6 is 0 Å². The molecule has 0 saturated heterocycles. The number of aliphatic carboxylic acids is 1. The summed E-state index contributed by atoms with van der Waals surface area (Å²) < 4.78 is 0. The molecule has 0 saturated carbocycles. The van der Waals surface area contributed by atoms with E-state index in [9.17, 15) is 4.79 Å². The van der Waals surface area contributed by atoms with Crippen molar-refractivity contribution >= 4 is 5.97 Å². The van der Waals surface area contributed by atoms with Crippen LogP contribution in [0, 0.1) is 5.92 Å². The van der Waals surface area contributed by atoms with E-state index in [-0.39, 0.29) is 5.92 Å². The Hall–Kier alpha value is -0.790. The van der Waals surface area contributed by atoms with Gasteiger partial charge in [0, 0.05) is 5.57 Å². The smallest absolute Gasteiger partial charge is 0.331 e. The van der Waals surface area contributed by atoms with Gasteiger partial charge in [0.25, 0.3) is 0 Å². The summed E-state index contributed by atoms with van der Waals surface area (Å²) >= 11 is 0. The van der Waals surface area contributed by atoms with Gasteiger partial charge in [-0.15, -0.1) is 0 Å². The van der Waals surface area contributed by atoms with Crippen LogP contribution in [0.2, 0.25) is 0 Å². The normalized spacial score (nSPS) is 9.70. The van der Waals surface area contributed by atoms with Crippen LogP contribution in [-0.4, -0.2) is 11.1 Å². The van der Waals surface area contributed by atoms with Crippen LogP contribution in [0.25, 0.3) is 0 Å². The monoisotopic (exact) mass is 142 g/mol. The molecule has 0 rings (SSSR count). The number of hydrogen-bond donors (Lipinski definition) is 1. The lowest BCUT2D eigenvalue weighted by Crippen LogP contribution is -2.08. The number of rotatable bonds is 2. The van der Waals surface area contributed by atoms with Crippen LogP contribution in [0.1, 0.15) is 27.7 Å². The molecule has 0 aliphatic heterocycles. The minimum Gasteiger partial charge on any atom is -0.478 e. The summed E-state index contributed by atoms with van der Waals surface area (Å²) in [5.74, 6) is -0.683. The van der Waals surface area contributed by atoms with E-state index in [1.165, 1.54) is 0 Å². The fourth-order valence-electron chi connectivity index (χ4n) is 1.04. The van der Waals surface area contributed by atoms with E-state index in [0.29, 0.717) is 5.57 Å². The third-order valence-corrected chi connectivity index (χ3v) is 1.35. The molecule has 0 unspecified atom stereocenters. The maximum atomic E-state index is 10.5. The number of carbonyl (C=O) groups is 1. The van der Waals surface area contributed by atoms with Crippen LogP contribution < -0.4 is 0 Å². The molecular formula is C8H14O2. The van der Waals surface area contributed by atoms with Gasteiger partial charge in [-0.1, -0.05) is 19.4 Å². The Kier molecular flexibility index (Phi) is 3.13. The van der Waals surface area contributed by atoms with Crippen LogP contribution in [0.15, 0.2) is 11.1 Å². The summed E-state index contributed by atoms with van der Waals surface area (Å²) in [5, 5.41) is 8.66. The molecule has 0 radical (unpaired) electrons. The molecule has 0 aliphatic carbocycles. The van der Waals surface area contributed by atoms with Crippen molar-refractivity contribution in [1.29, 1.82) is 0 Å². The van der Waals surface area contributed by atoms with E-state index in [2.05, 4.69) is 0 Å². The lowest BCUT2D eigenvalue weighted by molar-refractivity contribution is -0.133. The van der Waals surface area contributed by atoms with E-state index >= 15 is 0 Å². The fraction of sp³-hybridized carbons (Fsp3) is 0.625. The zero-order chi connectivity index (χ0) is 8.31. The van der Waals surface area contributed by atoms with Gasteiger partial charge in [0.15, 0.2) is 0 Å². The summed E-state index contributed by atoms with van der Waals surface area (Å²) in [7, 11) is 0. The molecule has 0 aromatic heterocycles. The van der Waals surface area contributed by atoms with Crippen LogP contribution in [0.4, 0.5) is 0 Å². The highest BCUT2D eigenvalue weighted by Gasteiger charge is 2.12. The van der Waals surface area contributed by atoms with E-state index < -0.39 is 5.97 Å². The first-order chi connectivity index (χ1) is 4.46. The number of hydrogen-bond acceptors (Lipinski definition) is 1. The fourth-order valence-corrected chi connectivity index (χ4v) is 1.04. The molecule has 0 bridgehead atoms. The zero-order valence-corrected chi connectivity index (χ0v) is 6.93. The second-order valence-electron chi connectivity index (χ2n) is 2.87. The second-order valence-corrected chi connectivity index (χ2v) is 2.87. The largest absolute Gasteiger partial charge is 0.478 e. The summed E-state index contributed by atoms with van der Waals surface area (Å²) in [6.45, 7) is 7.42. The van der Waals surface area contributed by atoms with E-state index in [4.69, 9.17) is 5.11 Å². The van der Waals surface area contributed by atoms with Crippen molar-refractivity contribution in [3.8, 4) is 0 Å². The van der Waals surface area contributed by atoms with Gasteiger partial charge in [-0.2, -0.15) is 0 Å². The molecule has 0 heterocycles. The number of carboxylic acids is 1. The summed E-state index contributed by atoms with van der Waals surface area (Å²) in [6.07, 6.45) is 0. The Morgan fingerprint density at radius 1 is 1.30 bits per heavy atom. The minimum absolute atomic E-state index is 0.113. The third kappa shape index (κ3) is 2.21. The maximum absolute atomic E-state index is 10.5. The average molecular weight is 142 g/mol. The lowest BCUT2D eigenvalue weighted by Gasteiger charge is -2.07. The molecule has 10 heavy (non-hydrogen) atoms. The predicted molar refractivity (Wildman–Crippen MR) is 40.8 cm³/mol. The molecule has 0 spiro atoms. The Morgan fingerprint density at radius 3 is 1.70 bits per heavy atom. The quantitative estimate of drug-likeness (QED) is 0.599. The van der Waals surface area contributed by atoms with Crippen LogP contribution in [0.5, 0.6) is 0 Å². The molecule has 0 aromatic rings. The molecule has 0 amide bonds. The van der Waals surface area contributed by atoms with Crippen LogP contribution in [0.3, 0.4) is 0 Å². The Bertz CT molecular complexity index is 162. The van der Waals surface area contributed by atoms with Gasteiger partial charge >= 0.3 is 5.97 Å². The Balaban J connectivity index is 4.61. The first kappa shape index (κ1) is 9.21. The minimum atomic E-state index is -0.796. The van der Waals surface area contributed by atoms with Gasteiger partial charge in [0.2, 0.25) is 0 Å². The highest BCUT2D eigenvalue weighted by atomic mass is 16.4. The summed E-state index contributed by atoms with van der Waals surface area (Å²) in [4.78, 5) is 10.5. The van der Waals surface area contributed by atoms with Crippen molar-refractivity contribution in [3.05, 3.63) is 11.1 Å². The van der Waals surface area contributed by atoms with Crippen molar-refractivity contribution in [2.24, 2.45) is 5.92 Å². The third-order valence-electron chi connectivity index (χ3n) is 1.35. The van der Waals surface area contributed by atoms with Crippen molar-refractivity contribution in [2.45, 2.75) is 27.7 Å². The van der Waals surface area contributed by atoms with E-state index in [1.54, 1.807) is 0 Å². The molecule has 2 heteroatoms. The molecule has 2 nitrogen and oxygen atoms in total. The zero-order valence-electron chi connectivity index (χ0n) is 6.93. The van der Waals surface area contributed by atoms with E-state index in [1.807, 2.05) is 27.7 Å². The van der Waals surface area contributed by atoms with Gasteiger partial charge in [0.05, 0.1) is 0 Å². The Labute approximate surface area is 61.6 Å². The van der Waals surface area contributed by atoms with Crippen molar-refractivity contribution < 1.29 is 9.90 Å².